The molecule has 0 radical (unpaired) electrons. The summed E-state index contributed by atoms with van der Waals surface area (Å²) in [6.45, 7) is 9.54. The Morgan fingerprint density at radius 2 is 1.92 bits per heavy atom. The van der Waals surface area contributed by atoms with Crippen molar-refractivity contribution in [2.45, 2.75) is 45.6 Å². The van der Waals surface area contributed by atoms with Crippen molar-refractivity contribution in [2.75, 3.05) is 6.54 Å². The molecule has 1 fully saturated rings. The third kappa shape index (κ3) is 2.26. The summed E-state index contributed by atoms with van der Waals surface area (Å²) in [6, 6.07) is 0.781. The third-order valence-electron chi connectivity index (χ3n) is 3.05. The Morgan fingerprint density at radius 3 is 2.33 bits per heavy atom. The van der Waals surface area contributed by atoms with E-state index in [2.05, 4.69) is 25.3 Å². The van der Waals surface area contributed by atoms with Crippen LogP contribution in [0.25, 0.3) is 0 Å². The van der Waals surface area contributed by atoms with Crippen LogP contribution in [0.3, 0.4) is 0 Å². The summed E-state index contributed by atoms with van der Waals surface area (Å²) in [4.78, 5) is 2.38. The van der Waals surface area contributed by atoms with E-state index in [1.807, 2.05) is 6.20 Å². The Morgan fingerprint density at radius 1 is 1.33 bits per heavy atom. The van der Waals surface area contributed by atoms with Gasteiger partial charge in [0.15, 0.2) is 0 Å². The molecule has 0 spiro atoms. The first kappa shape index (κ1) is 9.63. The molecule has 1 nitrogen and oxygen atoms in total. The minimum atomic E-state index is 0.781. The molecule has 0 aliphatic heterocycles. The van der Waals surface area contributed by atoms with E-state index < -0.39 is 0 Å². The standard InChI is InChI=1S/C11H21N/c1-4-12(5-2)11-8-6-10(3)7-9-11/h4,10-11H,1,5-9H2,2-3H3. The van der Waals surface area contributed by atoms with Crippen LogP contribution in [-0.2, 0) is 0 Å². The molecule has 0 saturated heterocycles. The zero-order valence-corrected chi connectivity index (χ0v) is 8.42. The van der Waals surface area contributed by atoms with Crippen LogP contribution in [0.2, 0.25) is 0 Å². The highest BCUT2D eigenvalue weighted by molar-refractivity contribution is 4.82. The van der Waals surface area contributed by atoms with E-state index in [-0.39, 0.29) is 0 Å². The van der Waals surface area contributed by atoms with Gasteiger partial charge < -0.3 is 4.90 Å². The van der Waals surface area contributed by atoms with E-state index in [4.69, 9.17) is 0 Å². The lowest BCUT2D eigenvalue weighted by atomic mass is 9.87. The van der Waals surface area contributed by atoms with Gasteiger partial charge in [0.2, 0.25) is 0 Å². The molecule has 0 bridgehead atoms. The summed E-state index contributed by atoms with van der Waals surface area (Å²) in [5.41, 5.74) is 0. The molecule has 0 atom stereocenters. The van der Waals surface area contributed by atoms with Crippen molar-refractivity contribution in [3.63, 3.8) is 0 Å². The quantitative estimate of drug-likeness (QED) is 0.624. The Kier molecular flexibility index (Phi) is 3.64. The summed E-state index contributed by atoms with van der Waals surface area (Å²) in [7, 11) is 0. The van der Waals surface area contributed by atoms with E-state index in [0.717, 1.165) is 18.5 Å². The van der Waals surface area contributed by atoms with Gasteiger partial charge in [0, 0.05) is 12.6 Å². The predicted molar refractivity (Wildman–Crippen MR) is 54.0 cm³/mol. The third-order valence-corrected chi connectivity index (χ3v) is 3.05. The Balaban J connectivity index is 2.37. The summed E-state index contributed by atoms with van der Waals surface area (Å²) in [6.07, 6.45) is 7.52. The molecule has 1 aliphatic carbocycles. The van der Waals surface area contributed by atoms with Crippen LogP contribution in [0.5, 0.6) is 0 Å². The molecule has 0 heterocycles. The second-order valence-electron chi connectivity index (χ2n) is 3.93. The molecular formula is C11H21N. The van der Waals surface area contributed by atoms with Gasteiger partial charge in [-0.05, 0) is 44.7 Å². The van der Waals surface area contributed by atoms with Crippen molar-refractivity contribution in [1.82, 2.24) is 4.90 Å². The minimum absolute atomic E-state index is 0.781. The maximum Gasteiger partial charge on any atom is 0.0284 e. The molecule has 0 aromatic heterocycles. The molecule has 1 heteroatoms. The Labute approximate surface area is 76.5 Å². The van der Waals surface area contributed by atoms with Crippen LogP contribution in [0.15, 0.2) is 12.8 Å². The van der Waals surface area contributed by atoms with E-state index in [1.54, 1.807) is 0 Å². The van der Waals surface area contributed by atoms with Crippen molar-refractivity contribution < 1.29 is 0 Å². The minimum Gasteiger partial charge on any atom is -0.375 e. The average Bonchev–Trinajstić information content (AvgIpc) is 2.10. The highest BCUT2D eigenvalue weighted by atomic mass is 15.1. The fraction of sp³-hybridized carbons (Fsp3) is 0.818. The summed E-state index contributed by atoms with van der Waals surface area (Å²) < 4.78 is 0. The van der Waals surface area contributed by atoms with E-state index in [0.29, 0.717) is 0 Å². The van der Waals surface area contributed by atoms with Gasteiger partial charge in [-0.1, -0.05) is 13.5 Å². The highest BCUT2D eigenvalue weighted by Crippen LogP contribution is 2.26. The lowest BCUT2D eigenvalue weighted by Crippen LogP contribution is -2.33. The van der Waals surface area contributed by atoms with Crippen LogP contribution < -0.4 is 0 Å². The van der Waals surface area contributed by atoms with Gasteiger partial charge in [0.05, 0.1) is 0 Å². The van der Waals surface area contributed by atoms with Gasteiger partial charge in [-0.15, -0.1) is 0 Å². The van der Waals surface area contributed by atoms with Crippen molar-refractivity contribution in [3.05, 3.63) is 12.8 Å². The van der Waals surface area contributed by atoms with Crippen LogP contribution in [0.1, 0.15) is 39.5 Å². The lowest BCUT2D eigenvalue weighted by molar-refractivity contribution is 0.199. The van der Waals surface area contributed by atoms with Crippen molar-refractivity contribution in [2.24, 2.45) is 5.92 Å². The van der Waals surface area contributed by atoms with Crippen LogP contribution in [0, 0.1) is 5.92 Å². The number of hydrogen-bond donors (Lipinski definition) is 0. The average molecular weight is 167 g/mol. The van der Waals surface area contributed by atoms with Gasteiger partial charge in [0.25, 0.3) is 0 Å². The van der Waals surface area contributed by atoms with Crippen LogP contribution in [0.4, 0.5) is 0 Å². The first-order valence-electron chi connectivity index (χ1n) is 5.16. The van der Waals surface area contributed by atoms with Crippen LogP contribution in [-0.4, -0.2) is 17.5 Å². The highest BCUT2D eigenvalue weighted by Gasteiger charge is 2.20. The van der Waals surface area contributed by atoms with Crippen molar-refractivity contribution in [1.29, 1.82) is 0 Å². The molecule has 12 heavy (non-hydrogen) atoms. The van der Waals surface area contributed by atoms with E-state index in [9.17, 15) is 0 Å². The lowest BCUT2D eigenvalue weighted by Gasteiger charge is -2.34. The predicted octanol–water partition coefficient (Wildman–Crippen LogP) is 3.03. The molecule has 0 N–H and O–H groups in total. The zero-order valence-electron chi connectivity index (χ0n) is 8.42. The van der Waals surface area contributed by atoms with Crippen molar-refractivity contribution in [3.8, 4) is 0 Å². The molecule has 0 amide bonds. The first-order valence-corrected chi connectivity index (χ1v) is 5.16. The zero-order chi connectivity index (χ0) is 8.97. The van der Waals surface area contributed by atoms with Gasteiger partial charge >= 0.3 is 0 Å². The number of nitrogens with zero attached hydrogens (tertiary/aromatic N) is 1. The second-order valence-corrected chi connectivity index (χ2v) is 3.93. The van der Waals surface area contributed by atoms with Crippen molar-refractivity contribution >= 4 is 0 Å². The van der Waals surface area contributed by atoms with Gasteiger partial charge in [0.1, 0.15) is 0 Å². The fourth-order valence-corrected chi connectivity index (χ4v) is 2.11. The monoisotopic (exact) mass is 167 g/mol. The Bertz CT molecular complexity index is 134. The van der Waals surface area contributed by atoms with Crippen LogP contribution >= 0.6 is 0 Å². The van der Waals surface area contributed by atoms with E-state index in [1.165, 1.54) is 25.7 Å². The smallest absolute Gasteiger partial charge is 0.0284 e. The normalized spacial score (nSPS) is 29.8. The van der Waals surface area contributed by atoms with Gasteiger partial charge in [-0.2, -0.15) is 0 Å². The van der Waals surface area contributed by atoms with E-state index >= 15 is 0 Å². The topological polar surface area (TPSA) is 3.24 Å². The molecule has 1 rings (SSSR count). The molecule has 0 aromatic rings. The molecule has 70 valence electrons. The van der Waals surface area contributed by atoms with Gasteiger partial charge in [-0.3, -0.25) is 0 Å². The maximum atomic E-state index is 3.85. The summed E-state index contributed by atoms with van der Waals surface area (Å²) in [5, 5.41) is 0. The number of hydrogen-bond acceptors (Lipinski definition) is 1. The molecule has 1 aliphatic rings. The maximum absolute atomic E-state index is 3.85. The SMILES string of the molecule is C=CN(CC)C1CCC(C)CC1. The molecule has 1 saturated carbocycles. The molecule has 0 aromatic carbocycles. The largest absolute Gasteiger partial charge is 0.375 e. The Hall–Kier alpha value is -0.460. The van der Waals surface area contributed by atoms with Gasteiger partial charge in [-0.25, -0.2) is 0 Å². The summed E-state index contributed by atoms with van der Waals surface area (Å²) in [5.74, 6) is 0.949. The molecular weight excluding hydrogens is 146 g/mol. The second kappa shape index (κ2) is 4.54. The fourth-order valence-electron chi connectivity index (χ4n) is 2.11. The number of rotatable bonds is 3. The molecule has 0 unspecified atom stereocenters. The first-order chi connectivity index (χ1) is 5.77. The summed E-state index contributed by atoms with van der Waals surface area (Å²) >= 11 is 0.